The molecule has 0 spiro atoms. The molecule has 0 aliphatic carbocycles. The maximum atomic E-state index is 12.5. The number of amides is 1. The van der Waals surface area contributed by atoms with E-state index in [0.717, 1.165) is 22.8 Å². The third kappa shape index (κ3) is 3.15. The zero-order chi connectivity index (χ0) is 17.4. The number of anilines is 2. The van der Waals surface area contributed by atoms with E-state index in [0.29, 0.717) is 25.5 Å². The summed E-state index contributed by atoms with van der Waals surface area (Å²) in [6, 6.07) is 7.61. The standard InChI is InChI=1S/C17H19N5O3/c1-11-6-15(20-17(18)19-11)21-4-5-22(16(23)9-21)8-12-2-3-13-14(7-12)25-10-24-13/h2-3,6-7H,4-5,8-10H2,1H3,(H2,18,19,20). The summed E-state index contributed by atoms with van der Waals surface area (Å²) in [4.78, 5) is 24.6. The van der Waals surface area contributed by atoms with Crippen molar-refractivity contribution in [2.45, 2.75) is 13.5 Å². The minimum atomic E-state index is 0.0544. The van der Waals surface area contributed by atoms with Crippen LogP contribution in [0.4, 0.5) is 11.8 Å². The van der Waals surface area contributed by atoms with E-state index < -0.39 is 0 Å². The van der Waals surface area contributed by atoms with Crippen LogP contribution < -0.4 is 20.1 Å². The maximum absolute atomic E-state index is 12.5. The second kappa shape index (κ2) is 6.12. The highest BCUT2D eigenvalue weighted by Crippen LogP contribution is 2.33. The summed E-state index contributed by atoms with van der Waals surface area (Å²) in [6.45, 7) is 4.26. The van der Waals surface area contributed by atoms with Gasteiger partial charge in [0.2, 0.25) is 18.6 Å². The molecule has 1 aromatic carbocycles. The van der Waals surface area contributed by atoms with E-state index in [9.17, 15) is 4.79 Å². The Balaban J connectivity index is 1.44. The van der Waals surface area contributed by atoms with E-state index in [1.807, 2.05) is 41.0 Å². The van der Waals surface area contributed by atoms with Gasteiger partial charge in [0.25, 0.3) is 0 Å². The summed E-state index contributed by atoms with van der Waals surface area (Å²) in [5, 5.41) is 0. The van der Waals surface area contributed by atoms with Gasteiger partial charge in [0, 0.05) is 31.4 Å². The lowest BCUT2D eigenvalue weighted by Crippen LogP contribution is -2.50. The van der Waals surface area contributed by atoms with Gasteiger partial charge in [-0.1, -0.05) is 6.07 Å². The second-order valence-corrected chi connectivity index (χ2v) is 6.15. The van der Waals surface area contributed by atoms with Gasteiger partial charge in [-0.05, 0) is 24.6 Å². The van der Waals surface area contributed by atoms with Crippen molar-refractivity contribution in [1.29, 1.82) is 0 Å². The first kappa shape index (κ1) is 15.5. The lowest BCUT2D eigenvalue weighted by atomic mass is 10.1. The molecule has 4 rings (SSSR count). The first-order valence-corrected chi connectivity index (χ1v) is 8.11. The lowest BCUT2D eigenvalue weighted by molar-refractivity contribution is -0.131. The van der Waals surface area contributed by atoms with Gasteiger partial charge in [-0.2, -0.15) is 4.98 Å². The Labute approximate surface area is 145 Å². The SMILES string of the molecule is Cc1cc(N2CCN(Cc3ccc4c(c3)OCO4)C(=O)C2)nc(N)n1. The van der Waals surface area contributed by atoms with Crippen LogP contribution in [0.15, 0.2) is 24.3 Å². The number of rotatable bonds is 3. The Kier molecular flexibility index (Phi) is 3.79. The molecule has 1 fully saturated rings. The first-order chi connectivity index (χ1) is 12.1. The number of ether oxygens (including phenoxy) is 2. The number of hydrogen-bond acceptors (Lipinski definition) is 7. The molecule has 1 amide bonds. The molecule has 3 heterocycles. The molecule has 2 aliphatic rings. The summed E-state index contributed by atoms with van der Waals surface area (Å²) in [5.74, 6) is 2.46. The van der Waals surface area contributed by atoms with Gasteiger partial charge >= 0.3 is 0 Å². The molecule has 2 aromatic rings. The van der Waals surface area contributed by atoms with Crippen LogP contribution in [0.5, 0.6) is 11.5 Å². The predicted molar refractivity (Wildman–Crippen MR) is 91.4 cm³/mol. The van der Waals surface area contributed by atoms with E-state index in [-0.39, 0.29) is 25.2 Å². The van der Waals surface area contributed by atoms with Crippen LogP contribution >= 0.6 is 0 Å². The number of nitrogens with two attached hydrogens (primary N) is 1. The molecule has 1 saturated heterocycles. The quantitative estimate of drug-likeness (QED) is 0.888. The minimum Gasteiger partial charge on any atom is -0.454 e. The molecule has 1 aromatic heterocycles. The van der Waals surface area contributed by atoms with Crippen molar-refractivity contribution in [3.63, 3.8) is 0 Å². The topological polar surface area (TPSA) is 93.8 Å². The zero-order valence-corrected chi connectivity index (χ0v) is 13.9. The van der Waals surface area contributed by atoms with Crippen molar-refractivity contribution in [3.8, 4) is 11.5 Å². The largest absolute Gasteiger partial charge is 0.454 e. The van der Waals surface area contributed by atoms with Crippen molar-refractivity contribution >= 4 is 17.7 Å². The molecule has 0 bridgehead atoms. The highest BCUT2D eigenvalue weighted by Gasteiger charge is 2.26. The number of aryl methyl sites for hydroxylation is 1. The highest BCUT2D eigenvalue weighted by atomic mass is 16.7. The first-order valence-electron chi connectivity index (χ1n) is 8.11. The monoisotopic (exact) mass is 341 g/mol. The third-order valence-corrected chi connectivity index (χ3v) is 4.31. The van der Waals surface area contributed by atoms with Gasteiger partial charge in [-0.3, -0.25) is 4.79 Å². The number of hydrogen-bond donors (Lipinski definition) is 1. The molecule has 0 saturated carbocycles. The molecule has 25 heavy (non-hydrogen) atoms. The van der Waals surface area contributed by atoms with E-state index in [4.69, 9.17) is 15.2 Å². The van der Waals surface area contributed by atoms with E-state index in [2.05, 4.69) is 9.97 Å². The molecule has 8 heteroatoms. The molecular formula is C17H19N5O3. The summed E-state index contributed by atoms with van der Waals surface area (Å²) in [6.07, 6.45) is 0. The Morgan fingerprint density at radius 2 is 2.00 bits per heavy atom. The van der Waals surface area contributed by atoms with Gasteiger partial charge in [-0.15, -0.1) is 0 Å². The van der Waals surface area contributed by atoms with Crippen LogP contribution in [0, 0.1) is 6.92 Å². The van der Waals surface area contributed by atoms with E-state index in [1.165, 1.54) is 0 Å². The van der Waals surface area contributed by atoms with Crippen LogP contribution in [0.1, 0.15) is 11.3 Å². The van der Waals surface area contributed by atoms with Crippen molar-refractivity contribution in [2.75, 3.05) is 37.1 Å². The molecule has 0 atom stereocenters. The van der Waals surface area contributed by atoms with Gasteiger partial charge in [0.05, 0.1) is 6.54 Å². The number of carbonyl (C=O) groups excluding carboxylic acids is 1. The van der Waals surface area contributed by atoms with E-state index >= 15 is 0 Å². The van der Waals surface area contributed by atoms with Gasteiger partial charge in [0.1, 0.15) is 5.82 Å². The van der Waals surface area contributed by atoms with Crippen molar-refractivity contribution in [2.24, 2.45) is 0 Å². The van der Waals surface area contributed by atoms with Crippen LogP contribution in [0.2, 0.25) is 0 Å². The average Bonchev–Trinajstić information content (AvgIpc) is 3.03. The summed E-state index contributed by atoms with van der Waals surface area (Å²) in [7, 11) is 0. The van der Waals surface area contributed by atoms with E-state index in [1.54, 1.807) is 0 Å². The minimum absolute atomic E-state index is 0.0544. The molecule has 2 aliphatic heterocycles. The van der Waals surface area contributed by atoms with Gasteiger partial charge < -0.3 is 25.0 Å². The second-order valence-electron chi connectivity index (χ2n) is 6.15. The van der Waals surface area contributed by atoms with Crippen molar-refractivity contribution < 1.29 is 14.3 Å². The number of piperazine rings is 1. The number of benzene rings is 1. The van der Waals surface area contributed by atoms with Gasteiger partial charge in [0.15, 0.2) is 11.5 Å². The molecule has 0 radical (unpaired) electrons. The Morgan fingerprint density at radius 1 is 1.16 bits per heavy atom. The Morgan fingerprint density at radius 3 is 2.80 bits per heavy atom. The zero-order valence-electron chi connectivity index (χ0n) is 13.9. The molecule has 8 nitrogen and oxygen atoms in total. The molecule has 130 valence electrons. The molecular weight excluding hydrogens is 322 g/mol. The van der Waals surface area contributed by atoms with Crippen LogP contribution in [-0.2, 0) is 11.3 Å². The van der Waals surface area contributed by atoms with Crippen LogP contribution in [0.3, 0.4) is 0 Å². The van der Waals surface area contributed by atoms with Crippen LogP contribution in [-0.4, -0.2) is 47.2 Å². The molecule has 2 N–H and O–H groups in total. The third-order valence-electron chi connectivity index (χ3n) is 4.31. The average molecular weight is 341 g/mol. The highest BCUT2D eigenvalue weighted by molar-refractivity contribution is 5.82. The maximum Gasteiger partial charge on any atom is 0.242 e. The van der Waals surface area contributed by atoms with Crippen molar-refractivity contribution in [3.05, 3.63) is 35.5 Å². The number of carbonyl (C=O) groups is 1. The van der Waals surface area contributed by atoms with Crippen LogP contribution in [0.25, 0.3) is 0 Å². The van der Waals surface area contributed by atoms with Crippen molar-refractivity contribution in [1.82, 2.24) is 14.9 Å². The summed E-state index contributed by atoms with van der Waals surface area (Å²) >= 11 is 0. The number of aromatic nitrogens is 2. The Bertz CT molecular complexity index is 806. The fraction of sp³-hybridized carbons (Fsp3) is 0.353. The number of nitrogen functional groups attached to an aromatic ring is 1. The number of fused-ring (bicyclic) bond motifs is 1. The normalized spacial score (nSPS) is 16.4. The smallest absolute Gasteiger partial charge is 0.242 e. The fourth-order valence-corrected chi connectivity index (χ4v) is 3.07. The number of nitrogens with zero attached hydrogens (tertiary/aromatic N) is 4. The molecule has 0 unspecified atom stereocenters. The lowest BCUT2D eigenvalue weighted by Gasteiger charge is -2.35. The fourth-order valence-electron chi connectivity index (χ4n) is 3.07. The van der Waals surface area contributed by atoms with Gasteiger partial charge in [-0.25, -0.2) is 4.98 Å². The summed E-state index contributed by atoms with van der Waals surface area (Å²) < 4.78 is 10.7. The predicted octanol–water partition coefficient (Wildman–Crippen LogP) is 0.945. The Hall–Kier alpha value is -3.03. The summed E-state index contributed by atoms with van der Waals surface area (Å²) in [5.41, 5.74) is 7.52.